The van der Waals surface area contributed by atoms with Crippen LogP contribution >= 0.6 is 0 Å². The van der Waals surface area contributed by atoms with Crippen LogP contribution in [-0.2, 0) is 0 Å². The van der Waals surface area contributed by atoms with E-state index in [4.69, 9.17) is 10.5 Å². The maximum Gasteiger partial charge on any atom is 0.251 e. The van der Waals surface area contributed by atoms with Gasteiger partial charge in [-0.05, 0) is 37.0 Å². The number of phenolic OH excluding ortho intramolecular Hbond substituents is 1. The number of hydrogen-bond acceptors (Lipinski definition) is 4. The first kappa shape index (κ1) is 15.6. The van der Waals surface area contributed by atoms with Crippen molar-refractivity contribution in [3.8, 4) is 11.5 Å². The largest absolute Gasteiger partial charge is 0.504 e. The Morgan fingerprint density at radius 2 is 2.33 bits per heavy atom. The number of carbonyl (C=O) groups excluding carboxylic acids is 1. The molecule has 0 bridgehead atoms. The molecule has 0 aromatic heterocycles. The molecule has 21 heavy (non-hydrogen) atoms. The van der Waals surface area contributed by atoms with E-state index in [-0.39, 0.29) is 17.2 Å². The molecule has 1 aromatic carbocycles. The summed E-state index contributed by atoms with van der Waals surface area (Å²) < 4.78 is 4.98. The number of carbonyl (C=O) groups is 1. The van der Waals surface area contributed by atoms with Crippen LogP contribution < -0.4 is 15.8 Å². The zero-order valence-corrected chi connectivity index (χ0v) is 12.7. The van der Waals surface area contributed by atoms with E-state index in [1.165, 1.54) is 19.6 Å². The molecule has 4 N–H and O–H groups in total. The smallest absolute Gasteiger partial charge is 0.251 e. The summed E-state index contributed by atoms with van der Waals surface area (Å²) in [6.45, 7) is 2.63. The van der Waals surface area contributed by atoms with Crippen molar-refractivity contribution >= 4 is 5.91 Å². The van der Waals surface area contributed by atoms with Crippen LogP contribution in [0.15, 0.2) is 18.2 Å². The Morgan fingerprint density at radius 1 is 1.57 bits per heavy atom. The van der Waals surface area contributed by atoms with Crippen LogP contribution in [0, 0.1) is 5.92 Å². The topological polar surface area (TPSA) is 84.6 Å². The molecule has 116 valence electrons. The minimum atomic E-state index is -0.329. The van der Waals surface area contributed by atoms with Gasteiger partial charge in [-0.15, -0.1) is 0 Å². The second-order valence-corrected chi connectivity index (χ2v) is 6.03. The van der Waals surface area contributed by atoms with E-state index in [0.29, 0.717) is 23.8 Å². The number of rotatable bonds is 4. The van der Waals surface area contributed by atoms with Crippen LogP contribution in [0.4, 0.5) is 0 Å². The SMILES string of the molecule is COc1ccc(C(=O)NC2(CN)CCCC(C)C2)cc1O. The van der Waals surface area contributed by atoms with Crippen molar-refractivity contribution in [2.24, 2.45) is 11.7 Å². The Hall–Kier alpha value is -1.75. The number of methoxy groups -OCH3 is 1. The molecule has 0 saturated heterocycles. The second-order valence-electron chi connectivity index (χ2n) is 6.03. The summed E-state index contributed by atoms with van der Waals surface area (Å²) in [6, 6.07) is 4.65. The van der Waals surface area contributed by atoms with Crippen LogP contribution in [-0.4, -0.2) is 30.2 Å². The fourth-order valence-corrected chi connectivity index (χ4v) is 3.15. The average Bonchev–Trinajstić information content (AvgIpc) is 2.47. The fourth-order valence-electron chi connectivity index (χ4n) is 3.15. The highest BCUT2D eigenvalue weighted by Crippen LogP contribution is 2.32. The van der Waals surface area contributed by atoms with Crippen molar-refractivity contribution in [3.05, 3.63) is 23.8 Å². The number of benzene rings is 1. The van der Waals surface area contributed by atoms with E-state index >= 15 is 0 Å². The predicted molar refractivity (Wildman–Crippen MR) is 81.5 cm³/mol. The van der Waals surface area contributed by atoms with Crippen LogP contribution in [0.3, 0.4) is 0 Å². The van der Waals surface area contributed by atoms with Crippen molar-refractivity contribution in [3.63, 3.8) is 0 Å². The highest BCUT2D eigenvalue weighted by molar-refractivity contribution is 5.95. The van der Waals surface area contributed by atoms with Gasteiger partial charge in [0, 0.05) is 12.1 Å². The summed E-state index contributed by atoms with van der Waals surface area (Å²) in [5.41, 5.74) is 6.01. The van der Waals surface area contributed by atoms with Crippen LogP contribution in [0.25, 0.3) is 0 Å². The number of phenols is 1. The highest BCUT2D eigenvalue weighted by Gasteiger charge is 2.35. The molecular weight excluding hydrogens is 268 g/mol. The van der Waals surface area contributed by atoms with Crippen molar-refractivity contribution in [2.45, 2.75) is 38.1 Å². The lowest BCUT2D eigenvalue weighted by Gasteiger charge is -2.40. The zero-order chi connectivity index (χ0) is 15.5. The molecule has 5 heteroatoms. The standard InChI is InChI=1S/C16H24N2O3/c1-11-4-3-7-16(9-11,10-17)18-15(20)12-5-6-14(21-2)13(19)8-12/h5-6,8,11,19H,3-4,7,9-10,17H2,1-2H3,(H,18,20). The normalized spacial score (nSPS) is 25.4. The van der Waals surface area contributed by atoms with Crippen molar-refractivity contribution in [2.75, 3.05) is 13.7 Å². The van der Waals surface area contributed by atoms with Gasteiger partial charge >= 0.3 is 0 Å². The summed E-state index contributed by atoms with van der Waals surface area (Å²) >= 11 is 0. The highest BCUT2D eigenvalue weighted by atomic mass is 16.5. The second kappa shape index (κ2) is 6.35. The quantitative estimate of drug-likeness (QED) is 0.793. The number of aromatic hydroxyl groups is 1. The van der Waals surface area contributed by atoms with E-state index in [0.717, 1.165) is 19.3 Å². The lowest BCUT2D eigenvalue weighted by molar-refractivity contribution is 0.0853. The number of hydrogen-bond donors (Lipinski definition) is 3. The maximum atomic E-state index is 12.4. The number of ether oxygens (including phenoxy) is 1. The van der Waals surface area contributed by atoms with Gasteiger partial charge in [-0.25, -0.2) is 0 Å². The molecule has 2 rings (SSSR count). The van der Waals surface area contributed by atoms with Crippen molar-refractivity contribution in [1.82, 2.24) is 5.32 Å². The van der Waals surface area contributed by atoms with E-state index in [1.807, 2.05) is 0 Å². The van der Waals surface area contributed by atoms with Gasteiger partial charge in [0.05, 0.1) is 12.6 Å². The van der Waals surface area contributed by atoms with Gasteiger partial charge in [0.25, 0.3) is 5.91 Å². The molecule has 1 fully saturated rings. The Morgan fingerprint density at radius 3 is 2.90 bits per heavy atom. The van der Waals surface area contributed by atoms with E-state index in [9.17, 15) is 9.90 Å². The van der Waals surface area contributed by atoms with Gasteiger partial charge < -0.3 is 20.9 Å². The van der Waals surface area contributed by atoms with E-state index in [2.05, 4.69) is 12.2 Å². The van der Waals surface area contributed by atoms with Crippen LogP contribution in [0.1, 0.15) is 43.0 Å². The first-order valence-electron chi connectivity index (χ1n) is 7.39. The van der Waals surface area contributed by atoms with Gasteiger partial charge in [0.1, 0.15) is 0 Å². The molecule has 2 atom stereocenters. The van der Waals surface area contributed by atoms with Gasteiger partial charge in [-0.1, -0.05) is 19.8 Å². The molecule has 1 amide bonds. The lowest BCUT2D eigenvalue weighted by Crippen LogP contribution is -2.56. The summed E-state index contributed by atoms with van der Waals surface area (Å²) in [5, 5.41) is 12.9. The first-order chi connectivity index (χ1) is 9.99. The summed E-state index contributed by atoms with van der Waals surface area (Å²) in [4.78, 5) is 12.4. The first-order valence-corrected chi connectivity index (χ1v) is 7.39. The Labute approximate surface area is 125 Å². The molecule has 0 spiro atoms. The molecule has 1 aliphatic rings. The molecule has 1 saturated carbocycles. The van der Waals surface area contributed by atoms with Crippen LogP contribution in [0.5, 0.6) is 11.5 Å². The monoisotopic (exact) mass is 292 g/mol. The number of nitrogens with two attached hydrogens (primary N) is 1. The Bertz CT molecular complexity index is 518. The lowest BCUT2D eigenvalue weighted by atomic mass is 9.76. The summed E-state index contributed by atoms with van der Waals surface area (Å²) in [5.74, 6) is 0.676. The molecule has 1 aromatic rings. The molecule has 0 heterocycles. The number of amides is 1. The molecular formula is C16H24N2O3. The zero-order valence-electron chi connectivity index (χ0n) is 12.7. The number of nitrogens with one attached hydrogen (secondary N) is 1. The Kier molecular flexibility index (Phi) is 4.73. The molecule has 0 aliphatic heterocycles. The van der Waals surface area contributed by atoms with Crippen molar-refractivity contribution < 1.29 is 14.6 Å². The van der Waals surface area contributed by atoms with Crippen molar-refractivity contribution in [1.29, 1.82) is 0 Å². The predicted octanol–water partition coefficient (Wildman–Crippen LogP) is 2.04. The van der Waals surface area contributed by atoms with Gasteiger partial charge in [-0.2, -0.15) is 0 Å². The molecule has 0 radical (unpaired) electrons. The van der Waals surface area contributed by atoms with Gasteiger partial charge in [0.2, 0.25) is 0 Å². The maximum absolute atomic E-state index is 12.4. The summed E-state index contributed by atoms with van der Waals surface area (Å²) in [6.07, 6.45) is 4.06. The van der Waals surface area contributed by atoms with E-state index in [1.54, 1.807) is 12.1 Å². The molecule has 1 aliphatic carbocycles. The van der Waals surface area contributed by atoms with Gasteiger partial charge in [-0.3, -0.25) is 4.79 Å². The van der Waals surface area contributed by atoms with Gasteiger partial charge in [0.15, 0.2) is 11.5 Å². The molecule has 2 unspecified atom stereocenters. The fraction of sp³-hybridized carbons (Fsp3) is 0.562. The van der Waals surface area contributed by atoms with Crippen LogP contribution in [0.2, 0.25) is 0 Å². The minimum absolute atomic E-state index is 0.0380. The third-order valence-corrected chi connectivity index (χ3v) is 4.30. The van der Waals surface area contributed by atoms with E-state index < -0.39 is 0 Å². The average molecular weight is 292 g/mol. The third kappa shape index (κ3) is 3.47. The summed E-state index contributed by atoms with van der Waals surface area (Å²) in [7, 11) is 1.47. The third-order valence-electron chi connectivity index (χ3n) is 4.30. The molecule has 5 nitrogen and oxygen atoms in total. The minimum Gasteiger partial charge on any atom is -0.504 e. The Balaban J connectivity index is 2.14.